The molecule has 0 saturated carbocycles. The van der Waals surface area contributed by atoms with Crippen LogP contribution in [0.4, 0.5) is 5.69 Å². The van der Waals surface area contributed by atoms with Gasteiger partial charge in [-0.25, -0.2) is 5.01 Å². The van der Waals surface area contributed by atoms with Crippen LogP contribution in [0.5, 0.6) is 0 Å². The van der Waals surface area contributed by atoms with Gasteiger partial charge in [-0.3, -0.25) is 15.0 Å². The van der Waals surface area contributed by atoms with Crippen molar-refractivity contribution in [2.45, 2.75) is 20.3 Å². The lowest BCUT2D eigenvalue weighted by Crippen LogP contribution is -2.54. The first kappa shape index (κ1) is 21.2. The first-order chi connectivity index (χ1) is 14.9. The van der Waals surface area contributed by atoms with Crippen LogP contribution < -0.4 is 10.3 Å². The minimum Gasteiger partial charge on any atom is -0.368 e. The average molecular weight is 439 g/mol. The number of amides is 2. The Labute approximate surface area is 188 Å². The third kappa shape index (κ3) is 4.85. The van der Waals surface area contributed by atoms with Crippen LogP contribution in [0.1, 0.15) is 23.1 Å². The van der Waals surface area contributed by atoms with Crippen LogP contribution in [-0.4, -0.2) is 54.4 Å². The molecular formula is C24H27ClN4O2. The minimum absolute atomic E-state index is 0.0260. The van der Waals surface area contributed by atoms with Gasteiger partial charge < -0.3 is 9.80 Å². The fourth-order valence-electron chi connectivity index (χ4n) is 3.95. The third-order valence-electron chi connectivity index (χ3n) is 5.84. The van der Waals surface area contributed by atoms with Crippen molar-refractivity contribution < 1.29 is 9.59 Å². The predicted octanol–water partition coefficient (Wildman–Crippen LogP) is 3.38. The molecule has 0 aromatic heterocycles. The Hall–Kier alpha value is -2.99. The summed E-state index contributed by atoms with van der Waals surface area (Å²) < 4.78 is 0. The van der Waals surface area contributed by atoms with Crippen LogP contribution in [0, 0.1) is 13.8 Å². The van der Waals surface area contributed by atoms with E-state index >= 15 is 0 Å². The summed E-state index contributed by atoms with van der Waals surface area (Å²) in [5, 5.41) is 2.15. The number of hydrogen-bond donors (Lipinski definition) is 1. The normalized spacial score (nSPS) is 16.8. The number of nitrogens with zero attached hydrogens (tertiary/aromatic N) is 3. The Bertz CT molecular complexity index is 1010. The average Bonchev–Trinajstić information content (AvgIpc) is 2.77. The molecule has 2 aromatic rings. The molecule has 0 aliphatic carbocycles. The van der Waals surface area contributed by atoms with Crippen LogP contribution >= 0.6 is 11.6 Å². The lowest BCUT2D eigenvalue weighted by atomic mass is 10.1. The zero-order valence-electron chi connectivity index (χ0n) is 17.9. The largest absolute Gasteiger partial charge is 0.368 e. The standard InChI is InChI=1S/C24H27ClN4O2/c1-17-3-6-19(7-4-17)21-9-10-23(30)29(26-21)16-24(31)28-13-11-27(12-14-28)22-15-20(25)8-5-18(22)2/h3-9,15,26H,10-14,16H2,1-2H3. The molecule has 7 heteroatoms. The molecule has 0 bridgehead atoms. The molecule has 2 aliphatic heterocycles. The van der Waals surface area contributed by atoms with Gasteiger partial charge in [0.05, 0.1) is 5.70 Å². The maximum absolute atomic E-state index is 12.9. The summed E-state index contributed by atoms with van der Waals surface area (Å²) in [6, 6.07) is 14.0. The van der Waals surface area contributed by atoms with Crippen molar-refractivity contribution in [2.75, 3.05) is 37.6 Å². The highest BCUT2D eigenvalue weighted by Crippen LogP contribution is 2.25. The van der Waals surface area contributed by atoms with Crippen molar-refractivity contribution in [3.8, 4) is 0 Å². The van der Waals surface area contributed by atoms with Crippen molar-refractivity contribution in [3.63, 3.8) is 0 Å². The summed E-state index contributed by atoms with van der Waals surface area (Å²) in [6.45, 7) is 6.84. The highest BCUT2D eigenvalue weighted by molar-refractivity contribution is 6.30. The van der Waals surface area contributed by atoms with Crippen LogP contribution in [0.3, 0.4) is 0 Å². The van der Waals surface area contributed by atoms with Crippen LogP contribution in [0.25, 0.3) is 5.70 Å². The van der Waals surface area contributed by atoms with Crippen molar-refractivity contribution in [2.24, 2.45) is 0 Å². The van der Waals surface area contributed by atoms with E-state index in [0.29, 0.717) is 18.1 Å². The maximum Gasteiger partial charge on any atom is 0.245 e. The first-order valence-corrected chi connectivity index (χ1v) is 10.9. The SMILES string of the molecule is Cc1ccc(C2=CCC(=O)N(CC(=O)N3CCN(c4cc(Cl)ccc4C)CC3)N2)cc1. The summed E-state index contributed by atoms with van der Waals surface area (Å²) in [5.41, 5.74) is 8.44. The van der Waals surface area contributed by atoms with Gasteiger partial charge in [0.25, 0.3) is 0 Å². The lowest BCUT2D eigenvalue weighted by molar-refractivity contribution is -0.142. The molecule has 1 saturated heterocycles. The molecule has 0 radical (unpaired) electrons. The molecule has 1 fully saturated rings. The van der Waals surface area contributed by atoms with Gasteiger partial charge in [0.2, 0.25) is 11.8 Å². The molecule has 4 rings (SSSR count). The van der Waals surface area contributed by atoms with Gasteiger partial charge in [-0.15, -0.1) is 0 Å². The number of carbonyl (C=O) groups excluding carboxylic acids is 2. The summed E-state index contributed by atoms with van der Waals surface area (Å²) in [4.78, 5) is 29.4. The molecule has 6 nitrogen and oxygen atoms in total. The van der Waals surface area contributed by atoms with E-state index in [4.69, 9.17) is 11.6 Å². The van der Waals surface area contributed by atoms with E-state index in [2.05, 4.69) is 17.2 Å². The molecule has 0 atom stereocenters. The van der Waals surface area contributed by atoms with Gasteiger partial charge in [-0.05, 0) is 43.2 Å². The molecule has 0 unspecified atom stereocenters. The number of nitrogens with one attached hydrogen (secondary N) is 1. The molecule has 2 aliphatic rings. The Morgan fingerprint density at radius 3 is 2.45 bits per heavy atom. The third-order valence-corrected chi connectivity index (χ3v) is 6.07. The zero-order valence-corrected chi connectivity index (χ0v) is 18.7. The summed E-state index contributed by atoms with van der Waals surface area (Å²) in [7, 11) is 0. The number of hydrogen-bond acceptors (Lipinski definition) is 4. The fraction of sp³-hybridized carbons (Fsp3) is 0.333. The Morgan fingerprint density at radius 2 is 1.74 bits per heavy atom. The van der Waals surface area contributed by atoms with Crippen LogP contribution in [0.15, 0.2) is 48.5 Å². The van der Waals surface area contributed by atoms with Gasteiger partial charge in [0.15, 0.2) is 0 Å². The molecule has 2 heterocycles. The molecule has 2 amide bonds. The number of piperazine rings is 1. The molecule has 0 spiro atoms. The van der Waals surface area contributed by atoms with Gasteiger partial charge in [-0.2, -0.15) is 0 Å². The van der Waals surface area contributed by atoms with Gasteiger partial charge in [0.1, 0.15) is 6.54 Å². The van der Waals surface area contributed by atoms with E-state index in [0.717, 1.165) is 30.0 Å². The van der Waals surface area contributed by atoms with Gasteiger partial charge >= 0.3 is 0 Å². The lowest BCUT2D eigenvalue weighted by Gasteiger charge is -2.38. The maximum atomic E-state index is 12.9. The van der Waals surface area contributed by atoms with E-state index in [1.807, 2.05) is 60.4 Å². The summed E-state index contributed by atoms with van der Waals surface area (Å²) in [5.74, 6) is -0.147. The van der Waals surface area contributed by atoms with Crippen molar-refractivity contribution in [3.05, 3.63) is 70.3 Å². The van der Waals surface area contributed by atoms with Crippen LogP contribution in [-0.2, 0) is 9.59 Å². The second-order valence-electron chi connectivity index (χ2n) is 8.08. The molecule has 2 aromatic carbocycles. The number of carbonyl (C=O) groups is 2. The second kappa shape index (κ2) is 9.02. The predicted molar refractivity (Wildman–Crippen MR) is 124 cm³/mol. The first-order valence-electron chi connectivity index (χ1n) is 10.5. The molecule has 1 N–H and O–H groups in total. The number of halogens is 1. The Balaban J connectivity index is 1.35. The van der Waals surface area contributed by atoms with Gasteiger partial charge in [-0.1, -0.05) is 47.5 Å². The van der Waals surface area contributed by atoms with Crippen molar-refractivity contribution >= 4 is 34.8 Å². The second-order valence-corrected chi connectivity index (χ2v) is 8.51. The van der Waals surface area contributed by atoms with Crippen molar-refractivity contribution in [1.82, 2.24) is 15.3 Å². The highest BCUT2D eigenvalue weighted by atomic mass is 35.5. The number of rotatable bonds is 4. The highest BCUT2D eigenvalue weighted by Gasteiger charge is 2.27. The monoisotopic (exact) mass is 438 g/mol. The van der Waals surface area contributed by atoms with Gasteiger partial charge in [0, 0.05) is 43.3 Å². The fourth-order valence-corrected chi connectivity index (χ4v) is 4.12. The van der Waals surface area contributed by atoms with E-state index in [9.17, 15) is 9.59 Å². The smallest absolute Gasteiger partial charge is 0.245 e. The number of hydrazine groups is 1. The summed E-state index contributed by atoms with van der Waals surface area (Å²) in [6.07, 6.45) is 2.16. The Morgan fingerprint density at radius 1 is 1.03 bits per heavy atom. The molecular weight excluding hydrogens is 412 g/mol. The van der Waals surface area contributed by atoms with E-state index < -0.39 is 0 Å². The topological polar surface area (TPSA) is 55.9 Å². The zero-order chi connectivity index (χ0) is 22.0. The summed E-state index contributed by atoms with van der Waals surface area (Å²) >= 11 is 6.16. The van der Waals surface area contributed by atoms with Crippen molar-refractivity contribution in [1.29, 1.82) is 0 Å². The number of aryl methyl sites for hydroxylation is 2. The van der Waals surface area contributed by atoms with Crippen LogP contribution in [0.2, 0.25) is 5.02 Å². The molecule has 162 valence electrons. The quantitative estimate of drug-likeness (QED) is 0.795. The number of anilines is 1. The van der Waals surface area contributed by atoms with E-state index in [-0.39, 0.29) is 24.8 Å². The minimum atomic E-state index is -0.0996. The Kier molecular flexibility index (Phi) is 6.18. The number of benzene rings is 2. The van der Waals surface area contributed by atoms with E-state index in [1.165, 1.54) is 16.1 Å². The van der Waals surface area contributed by atoms with E-state index in [1.54, 1.807) is 0 Å². The molecule has 31 heavy (non-hydrogen) atoms.